The van der Waals surface area contributed by atoms with Crippen LogP contribution < -0.4 is 10.6 Å². The molecule has 0 amide bonds. The molecule has 1 saturated carbocycles. The molecule has 0 radical (unpaired) electrons. The summed E-state index contributed by atoms with van der Waals surface area (Å²) in [6.45, 7) is 3.01. The third kappa shape index (κ3) is 6.05. The molecule has 36 heavy (non-hydrogen) atoms. The van der Waals surface area contributed by atoms with Crippen molar-refractivity contribution in [3.8, 4) is 0 Å². The van der Waals surface area contributed by atoms with Crippen LogP contribution in [-0.2, 0) is 0 Å². The molecule has 2 saturated heterocycles. The van der Waals surface area contributed by atoms with Crippen LogP contribution in [0.2, 0.25) is 0 Å². The van der Waals surface area contributed by atoms with Crippen molar-refractivity contribution in [1.29, 1.82) is 0 Å². The molecule has 1 aromatic rings. The molecule has 202 valence electrons. The minimum Gasteiger partial charge on any atom is -0.389 e. The van der Waals surface area contributed by atoms with E-state index in [0.29, 0.717) is 30.4 Å². The standard InChI is InChI=1S/C28H45N3O4S/c1-2-3-4-5-7-19-9-11-20(12-10-19)21-13-15-22(16-14-21)30-27(36)29-18-23-25(33)26(34)28(35)24(32)8-6-17-31(23)28/h13-16,19-20,23-26,32-35H,2-12,17-18H2,1H3,(H2,29,30,36)/t19?,20?,23-,24-,25-,26-,28+/m1/s1. The zero-order chi connectivity index (χ0) is 25.7. The number of unbranched alkanes of at least 4 members (excludes halogenated alkanes) is 3. The van der Waals surface area contributed by atoms with Crippen molar-refractivity contribution in [2.24, 2.45) is 5.92 Å². The molecule has 8 heteroatoms. The largest absolute Gasteiger partial charge is 0.389 e. The van der Waals surface area contributed by atoms with Gasteiger partial charge in [-0.3, -0.25) is 4.90 Å². The summed E-state index contributed by atoms with van der Waals surface area (Å²) in [7, 11) is 0. The molecular weight excluding hydrogens is 474 g/mol. The first-order chi connectivity index (χ1) is 17.3. The van der Waals surface area contributed by atoms with Gasteiger partial charge in [-0.2, -0.15) is 0 Å². The first-order valence-electron chi connectivity index (χ1n) is 14.0. The second-order valence-electron chi connectivity index (χ2n) is 11.2. The monoisotopic (exact) mass is 519 g/mol. The molecule has 4 rings (SSSR count). The van der Waals surface area contributed by atoms with Crippen LogP contribution in [0.5, 0.6) is 0 Å². The van der Waals surface area contributed by atoms with Crippen molar-refractivity contribution in [2.45, 2.75) is 114 Å². The number of benzene rings is 1. The van der Waals surface area contributed by atoms with Gasteiger partial charge in [0.2, 0.25) is 0 Å². The Morgan fingerprint density at radius 3 is 2.44 bits per heavy atom. The van der Waals surface area contributed by atoms with Crippen LogP contribution in [-0.4, -0.2) is 73.6 Å². The van der Waals surface area contributed by atoms with E-state index < -0.39 is 30.1 Å². The lowest BCUT2D eigenvalue weighted by Gasteiger charge is -2.44. The molecule has 3 fully saturated rings. The van der Waals surface area contributed by atoms with Crippen molar-refractivity contribution in [3.63, 3.8) is 0 Å². The van der Waals surface area contributed by atoms with E-state index >= 15 is 0 Å². The average molecular weight is 520 g/mol. The highest BCUT2D eigenvalue weighted by atomic mass is 32.1. The number of aliphatic hydroxyl groups excluding tert-OH is 3. The van der Waals surface area contributed by atoms with E-state index in [2.05, 4.69) is 41.8 Å². The molecule has 0 bridgehead atoms. The van der Waals surface area contributed by atoms with E-state index in [1.165, 1.54) is 63.4 Å². The van der Waals surface area contributed by atoms with Gasteiger partial charge in [0.1, 0.15) is 12.2 Å². The lowest BCUT2D eigenvalue weighted by Crippen LogP contribution is -2.63. The number of thiocarbonyl (C=S) groups is 1. The molecule has 3 aliphatic rings. The number of rotatable bonds is 9. The van der Waals surface area contributed by atoms with E-state index in [1.54, 1.807) is 4.90 Å². The third-order valence-corrected chi connectivity index (χ3v) is 9.05. The summed E-state index contributed by atoms with van der Waals surface area (Å²) in [6, 6.07) is 7.97. The van der Waals surface area contributed by atoms with Gasteiger partial charge in [-0.25, -0.2) is 0 Å². The average Bonchev–Trinajstić information content (AvgIpc) is 3.08. The highest BCUT2D eigenvalue weighted by Crippen LogP contribution is 2.40. The van der Waals surface area contributed by atoms with Crippen LogP contribution in [0.4, 0.5) is 5.69 Å². The Balaban J connectivity index is 1.22. The third-order valence-electron chi connectivity index (χ3n) is 8.80. The lowest BCUT2D eigenvalue weighted by atomic mass is 9.77. The number of hydrogen-bond donors (Lipinski definition) is 6. The van der Waals surface area contributed by atoms with E-state index in [1.807, 2.05) is 0 Å². The van der Waals surface area contributed by atoms with Gasteiger partial charge in [0.25, 0.3) is 0 Å². The van der Waals surface area contributed by atoms with Crippen LogP contribution in [0.15, 0.2) is 24.3 Å². The summed E-state index contributed by atoms with van der Waals surface area (Å²) in [5, 5.41) is 48.9. The highest BCUT2D eigenvalue weighted by molar-refractivity contribution is 7.80. The second kappa shape index (κ2) is 12.5. The number of nitrogens with zero attached hydrogens (tertiary/aromatic N) is 1. The minimum atomic E-state index is -1.82. The normalized spacial score (nSPS) is 34.8. The molecule has 0 aromatic heterocycles. The summed E-state index contributed by atoms with van der Waals surface area (Å²) in [5.41, 5.74) is 0.482. The highest BCUT2D eigenvalue weighted by Gasteiger charge is 2.61. The number of fused-ring (bicyclic) bond motifs is 1. The van der Waals surface area contributed by atoms with E-state index in [-0.39, 0.29) is 6.54 Å². The van der Waals surface area contributed by atoms with Crippen LogP contribution in [0.25, 0.3) is 0 Å². The molecule has 1 aliphatic carbocycles. The molecule has 5 atom stereocenters. The van der Waals surface area contributed by atoms with E-state index in [4.69, 9.17) is 12.2 Å². The van der Waals surface area contributed by atoms with Gasteiger partial charge in [0.15, 0.2) is 10.8 Å². The Kier molecular flexibility index (Phi) is 9.63. The summed E-state index contributed by atoms with van der Waals surface area (Å²) in [5.74, 6) is 1.55. The molecule has 2 heterocycles. The van der Waals surface area contributed by atoms with Gasteiger partial charge in [-0.1, -0.05) is 51.2 Å². The molecular formula is C28H45N3O4S. The Bertz CT molecular complexity index is 848. The van der Waals surface area contributed by atoms with Crippen molar-refractivity contribution < 1.29 is 20.4 Å². The van der Waals surface area contributed by atoms with Gasteiger partial charge in [-0.05, 0) is 80.3 Å². The molecule has 1 aromatic carbocycles. The maximum Gasteiger partial charge on any atom is 0.173 e. The predicted octanol–water partition coefficient (Wildman–Crippen LogP) is 3.47. The smallest absolute Gasteiger partial charge is 0.173 e. The molecule has 6 N–H and O–H groups in total. The number of anilines is 1. The minimum absolute atomic E-state index is 0.249. The van der Waals surface area contributed by atoms with E-state index in [0.717, 1.165) is 11.6 Å². The molecule has 2 aliphatic heterocycles. The maximum atomic E-state index is 10.9. The van der Waals surface area contributed by atoms with Gasteiger partial charge in [0, 0.05) is 18.8 Å². The number of hydrogen-bond acceptors (Lipinski definition) is 6. The van der Waals surface area contributed by atoms with Crippen molar-refractivity contribution in [1.82, 2.24) is 10.2 Å². The zero-order valence-electron chi connectivity index (χ0n) is 21.6. The van der Waals surface area contributed by atoms with Gasteiger partial charge in [0.05, 0.1) is 12.1 Å². The fourth-order valence-corrected chi connectivity index (χ4v) is 6.77. The Morgan fingerprint density at radius 1 is 1.03 bits per heavy atom. The SMILES string of the molecule is CCCCCCC1CCC(c2ccc(NC(=S)NC[C@@H]3[C@@H](O)[C@@H](O)[C@@]4(O)[C@H](O)CCCN34)cc2)CC1. The maximum absolute atomic E-state index is 10.9. The van der Waals surface area contributed by atoms with Crippen molar-refractivity contribution in [2.75, 3.05) is 18.4 Å². The number of piperidine rings is 1. The molecule has 0 unspecified atom stereocenters. The summed E-state index contributed by atoms with van der Waals surface area (Å²) < 4.78 is 0. The zero-order valence-corrected chi connectivity index (χ0v) is 22.4. The van der Waals surface area contributed by atoms with Crippen molar-refractivity contribution >= 4 is 23.0 Å². The lowest BCUT2D eigenvalue weighted by molar-refractivity contribution is -0.226. The summed E-state index contributed by atoms with van der Waals surface area (Å²) >= 11 is 5.46. The van der Waals surface area contributed by atoms with Crippen LogP contribution >= 0.6 is 12.2 Å². The predicted molar refractivity (Wildman–Crippen MR) is 147 cm³/mol. The van der Waals surface area contributed by atoms with Gasteiger partial charge < -0.3 is 31.1 Å². The van der Waals surface area contributed by atoms with Crippen LogP contribution in [0.1, 0.15) is 89.0 Å². The number of aliphatic hydroxyl groups is 4. The molecule has 0 spiro atoms. The Hall–Kier alpha value is -1.29. The summed E-state index contributed by atoms with van der Waals surface area (Å²) in [4.78, 5) is 1.61. The van der Waals surface area contributed by atoms with E-state index in [9.17, 15) is 20.4 Å². The first-order valence-corrected chi connectivity index (χ1v) is 14.4. The Labute approximate surface area is 221 Å². The second-order valence-corrected chi connectivity index (χ2v) is 11.6. The topological polar surface area (TPSA) is 108 Å². The van der Waals surface area contributed by atoms with Crippen LogP contribution in [0, 0.1) is 5.92 Å². The fourth-order valence-electron chi connectivity index (χ4n) is 6.57. The molecule has 7 nitrogen and oxygen atoms in total. The fraction of sp³-hybridized carbons (Fsp3) is 0.750. The van der Waals surface area contributed by atoms with Crippen LogP contribution in [0.3, 0.4) is 0 Å². The van der Waals surface area contributed by atoms with Gasteiger partial charge in [-0.15, -0.1) is 0 Å². The van der Waals surface area contributed by atoms with Gasteiger partial charge >= 0.3 is 0 Å². The van der Waals surface area contributed by atoms with Crippen molar-refractivity contribution in [3.05, 3.63) is 29.8 Å². The Morgan fingerprint density at radius 2 is 1.75 bits per heavy atom. The summed E-state index contributed by atoms with van der Waals surface area (Å²) in [6.07, 6.45) is 9.47. The first kappa shape index (κ1) is 27.7. The quantitative estimate of drug-likeness (QED) is 0.218. The number of nitrogens with one attached hydrogen (secondary N) is 2.